The van der Waals surface area contributed by atoms with Crippen molar-refractivity contribution in [1.82, 2.24) is 30.4 Å². The number of nitrogens with one attached hydrogen (secondary N) is 2. The summed E-state index contributed by atoms with van der Waals surface area (Å²) < 4.78 is 5.09. The van der Waals surface area contributed by atoms with Crippen molar-refractivity contribution in [1.29, 1.82) is 0 Å². The molecule has 0 radical (unpaired) electrons. The summed E-state index contributed by atoms with van der Waals surface area (Å²) in [5.74, 6) is 1.67. The van der Waals surface area contributed by atoms with E-state index in [-0.39, 0.29) is 30.1 Å². The summed E-state index contributed by atoms with van der Waals surface area (Å²) in [6.45, 7) is 12.1. The summed E-state index contributed by atoms with van der Waals surface area (Å²) in [6.07, 6.45) is 5.17. The molecule has 0 saturated carbocycles. The summed E-state index contributed by atoms with van der Waals surface area (Å²) in [5, 5.41) is 6.87. The van der Waals surface area contributed by atoms with Gasteiger partial charge in [0, 0.05) is 70.8 Å². The molecular weight excluding hydrogens is 523 g/mol. The number of likely N-dealkylation sites (tertiary alicyclic amines) is 1. The van der Waals surface area contributed by atoms with E-state index in [1.807, 2.05) is 13.0 Å². The molecule has 0 aromatic carbocycles. The molecular formula is C21H37IN8O2. The van der Waals surface area contributed by atoms with E-state index in [2.05, 4.69) is 37.3 Å². The Kier molecular flexibility index (Phi) is 11.8. The number of piperazine rings is 1. The van der Waals surface area contributed by atoms with Gasteiger partial charge in [0.1, 0.15) is 0 Å². The van der Waals surface area contributed by atoms with Gasteiger partial charge in [-0.2, -0.15) is 0 Å². The summed E-state index contributed by atoms with van der Waals surface area (Å²) in [6, 6.07) is 2.16. The van der Waals surface area contributed by atoms with Gasteiger partial charge in [0.05, 0.1) is 13.2 Å². The Morgan fingerprint density at radius 2 is 1.81 bits per heavy atom. The number of aromatic nitrogens is 2. The van der Waals surface area contributed by atoms with E-state index in [1.165, 1.54) is 0 Å². The number of amides is 1. The molecule has 2 fully saturated rings. The van der Waals surface area contributed by atoms with Gasteiger partial charge in [-0.05, 0) is 32.8 Å². The molecule has 3 rings (SSSR count). The minimum atomic E-state index is -0.208. The Hall–Kier alpha value is -1.89. The molecule has 2 aliphatic rings. The van der Waals surface area contributed by atoms with Crippen molar-refractivity contribution in [3.63, 3.8) is 0 Å². The predicted octanol–water partition coefficient (Wildman–Crippen LogP) is 1.39. The average molecular weight is 560 g/mol. The molecule has 2 N–H and O–H groups in total. The number of rotatable bonds is 7. The lowest BCUT2D eigenvalue weighted by atomic mass is 10.1. The number of carbonyl (C=O) groups excluding carboxylic acids is 1. The lowest BCUT2D eigenvalue weighted by molar-refractivity contribution is 0.0963. The van der Waals surface area contributed by atoms with Crippen molar-refractivity contribution < 1.29 is 9.53 Å². The Labute approximate surface area is 208 Å². The molecule has 0 bridgehead atoms. The number of hydrogen-bond donors (Lipinski definition) is 2. The van der Waals surface area contributed by atoms with Gasteiger partial charge in [0.2, 0.25) is 5.95 Å². The molecule has 10 nitrogen and oxygen atoms in total. The number of hydrogen-bond acceptors (Lipinski definition) is 7. The lowest BCUT2D eigenvalue weighted by Crippen LogP contribution is -2.50. The highest BCUT2D eigenvalue weighted by atomic mass is 127. The van der Waals surface area contributed by atoms with E-state index in [1.54, 1.807) is 17.3 Å². The van der Waals surface area contributed by atoms with Gasteiger partial charge in [-0.3, -0.25) is 9.89 Å². The molecule has 1 amide bonds. The second kappa shape index (κ2) is 14.3. The van der Waals surface area contributed by atoms with Gasteiger partial charge < -0.3 is 25.2 Å². The number of guanidine groups is 1. The first-order chi connectivity index (χ1) is 15.2. The first-order valence-corrected chi connectivity index (χ1v) is 11.4. The smallest absolute Gasteiger partial charge is 0.409 e. The van der Waals surface area contributed by atoms with Gasteiger partial charge in [-0.1, -0.05) is 0 Å². The highest BCUT2D eigenvalue weighted by molar-refractivity contribution is 14.0. The second-order valence-electron chi connectivity index (χ2n) is 7.74. The molecule has 2 aliphatic heterocycles. The Morgan fingerprint density at radius 1 is 1.12 bits per heavy atom. The van der Waals surface area contributed by atoms with Crippen molar-refractivity contribution in [3.05, 3.63) is 18.5 Å². The standard InChI is InChI=1S/C21H36N8O2.HI/c1-3-22-19(26-18-6-11-29(12-7-18)21(30)31-4-2)23-10-13-27-14-16-28(17-15-27)20-24-8-5-9-25-20;/h5,8-9,18H,3-4,6-7,10-17H2,1-2H3,(H2,22,23,26);1H. The van der Waals surface area contributed by atoms with Crippen molar-refractivity contribution in [3.8, 4) is 0 Å². The van der Waals surface area contributed by atoms with Crippen LogP contribution in [0.25, 0.3) is 0 Å². The maximum atomic E-state index is 11.9. The minimum Gasteiger partial charge on any atom is -0.450 e. The highest BCUT2D eigenvalue weighted by Crippen LogP contribution is 2.12. The zero-order valence-electron chi connectivity index (χ0n) is 19.2. The van der Waals surface area contributed by atoms with Gasteiger partial charge in [0.25, 0.3) is 0 Å². The van der Waals surface area contributed by atoms with Gasteiger partial charge in [-0.25, -0.2) is 14.8 Å². The molecule has 0 spiro atoms. The molecule has 2 saturated heterocycles. The van der Waals surface area contributed by atoms with Gasteiger partial charge in [0.15, 0.2) is 5.96 Å². The van der Waals surface area contributed by atoms with Crippen LogP contribution in [0.5, 0.6) is 0 Å². The SMILES string of the molecule is CCNC(=NCCN1CCN(c2ncccn2)CC1)NC1CCN(C(=O)OCC)CC1.I. The first kappa shape index (κ1) is 26.4. The van der Waals surface area contributed by atoms with E-state index in [0.29, 0.717) is 25.7 Å². The Morgan fingerprint density at radius 3 is 2.44 bits per heavy atom. The number of nitrogens with zero attached hydrogens (tertiary/aromatic N) is 6. The highest BCUT2D eigenvalue weighted by Gasteiger charge is 2.24. The molecule has 11 heteroatoms. The van der Waals surface area contributed by atoms with E-state index in [9.17, 15) is 4.79 Å². The van der Waals surface area contributed by atoms with Crippen LogP contribution in [-0.4, -0.2) is 103 Å². The third-order valence-electron chi connectivity index (χ3n) is 5.60. The van der Waals surface area contributed by atoms with E-state index in [4.69, 9.17) is 9.73 Å². The van der Waals surface area contributed by atoms with Crippen LogP contribution in [0.1, 0.15) is 26.7 Å². The van der Waals surface area contributed by atoms with Gasteiger partial charge in [-0.15, -0.1) is 24.0 Å². The number of piperidine rings is 1. The molecule has 0 unspecified atom stereocenters. The number of ether oxygens (including phenoxy) is 1. The molecule has 0 atom stereocenters. The Bertz CT molecular complexity index is 692. The fourth-order valence-corrected chi connectivity index (χ4v) is 3.86. The van der Waals surface area contributed by atoms with Crippen LogP contribution in [0.3, 0.4) is 0 Å². The largest absolute Gasteiger partial charge is 0.450 e. The van der Waals surface area contributed by atoms with Crippen molar-refractivity contribution in [2.45, 2.75) is 32.7 Å². The zero-order valence-corrected chi connectivity index (χ0v) is 21.5. The Balaban J connectivity index is 0.00000363. The van der Waals surface area contributed by atoms with E-state index in [0.717, 1.165) is 70.6 Å². The van der Waals surface area contributed by atoms with Crippen LogP contribution in [0.15, 0.2) is 23.5 Å². The van der Waals surface area contributed by atoms with Crippen molar-refractivity contribution >= 4 is 42.0 Å². The number of halogens is 1. The summed E-state index contributed by atoms with van der Waals surface area (Å²) in [5.41, 5.74) is 0. The fraction of sp³-hybridized carbons (Fsp3) is 0.714. The van der Waals surface area contributed by atoms with E-state index >= 15 is 0 Å². The fourth-order valence-electron chi connectivity index (χ4n) is 3.86. The summed E-state index contributed by atoms with van der Waals surface area (Å²) in [7, 11) is 0. The topological polar surface area (TPSA) is 98.2 Å². The van der Waals surface area contributed by atoms with Crippen molar-refractivity contribution in [2.75, 3.05) is 70.4 Å². The van der Waals surface area contributed by atoms with Crippen LogP contribution in [0.4, 0.5) is 10.7 Å². The van der Waals surface area contributed by atoms with Gasteiger partial charge >= 0.3 is 6.09 Å². The first-order valence-electron chi connectivity index (χ1n) is 11.4. The van der Waals surface area contributed by atoms with Crippen LogP contribution in [0, 0.1) is 0 Å². The third-order valence-corrected chi connectivity index (χ3v) is 5.60. The van der Waals surface area contributed by atoms with Crippen molar-refractivity contribution in [2.24, 2.45) is 4.99 Å². The lowest BCUT2D eigenvalue weighted by Gasteiger charge is -2.34. The van der Waals surface area contributed by atoms with Crippen LogP contribution < -0.4 is 15.5 Å². The molecule has 32 heavy (non-hydrogen) atoms. The predicted molar refractivity (Wildman–Crippen MR) is 137 cm³/mol. The van der Waals surface area contributed by atoms with E-state index < -0.39 is 0 Å². The second-order valence-corrected chi connectivity index (χ2v) is 7.74. The molecule has 0 aliphatic carbocycles. The average Bonchev–Trinajstić information content (AvgIpc) is 2.81. The minimum absolute atomic E-state index is 0. The van der Waals surface area contributed by atoms with Crippen LogP contribution in [0.2, 0.25) is 0 Å². The quantitative estimate of drug-likeness (QED) is 0.294. The van der Waals surface area contributed by atoms with Crippen LogP contribution in [-0.2, 0) is 4.74 Å². The summed E-state index contributed by atoms with van der Waals surface area (Å²) >= 11 is 0. The summed E-state index contributed by atoms with van der Waals surface area (Å²) in [4.78, 5) is 31.8. The maximum absolute atomic E-state index is 11.9. The maximum Gasteiger partial charge on any atom is 0.409 e. The number of anilines is 1. The zero-order chi connectivity index (χ0) is 21.9. The molecule has 3 heterocycles. The normalized spacial score (nSPS) is 18.1. The van der Waals surface area contributed by atoms with Crippen LogP contribution >= 0.6 is 24.0 Å². The monoisotopic (exact) mass is 560 g/mol. The third kappa shape index (κ3) is 8.23. The molecule has 180 valence electrons. The molecule has 1 aromatic rings. The molecule has 1 aromatic heterocycles. The number of carbonyl (C=O) groups is 1. The number of aliphatic imine (C=N–C) groups is 1.